The molecule has 3 heteroatoms. The van der Waals surface area contributed by atoms with Crippen molar-refractivity contribution in [2.75, 3.05) is 6.54 Å². The highest BCUT2D eigenvalue weighted by Gasteiger charge is 2.01. The lowest BCUT2D eigenvalue weighted by Crippen LogP contribution is -2.30. The Labute approximate surface area is 160 Å². The maximum absolute atomic E-state index is 11.4. The summed E-state index contributed by atoms with van der Waals surface area (Å²) in [5.74, 6) is 0.0123. The van der Waals surface area contributed by atoms with Crippen molar-refractivity contribution in [2.45, 2.75) is 71.3 Å². The first-order chi connectivity index (χ1) is 12.7. The molecule has 0 saturated carbocycles. The van der Waals surface area contributed by atoms with Gasteiger partial charge < -0.3 is 10.4 Å². The van der Waals surface area contributed by atoms with Crippen LogP contribution in [0.25, 0.3) is 0 Å². The standard InChI is InChI=1S/C23H37NO2/c1-3-4-5-6-7-8-9-10-11-12-13-14-15-16-17-18-19-20-23(26)24-21-22(2)25/h4-5,7-8,10-11,13-14,16-17,22,25H,3,6,9,12,15,18-21H2,1-2H3,(H,24,26)/b5-4-,8-7-,11-10-,14-13-,17-16-/t22-/m0/s1. The fourth-order valence-electron chi connectivity index (χ4n) is 2.10. The number of hydrogen-bond acceptors (Lipinski definition) is 2. The summed E-state index contributed by atoms with van der Waals surface area (Å²) in [5, 5.41) is 11.8. The Kier molecular flexibility index (Phi) is 18.1. The molecule has 0 aromatic carbocycles. The van der Waals surface area contributed by atoms with Gasteiger partial charge in [0.1, 0.15) is 0 Å². The van der Waals surface area contributed by atoms with E-state index in [2.05, 4.69) is 73.0 Å². The lowest BCUT2D eigenvalue weighted by molar-refractivity contribution is -0.121. The average molecular weight is 360 g/mol. The van der Waals surface area contributed by atoms with E-state index in [1.165, 1.54) is 0 Å². The quantitative estimate of drug-likeness (QED) is 0.303. The van der Waals surface area contributed by atoms with Crippen molar-refractivity contribution in [3.8, 4) is 0 Å². The number of carbonyl (C=O) groups excluding carboxylic acids is 1. The molecular weight excluding hydrogens is 322 g/mol. The van der Waals surface area contributed by atoms with E-state index in [4.69, 9.17) is 5.11 Å². The number of amides is 1. The van der Waals surface area contributed by atoms with Gasteiger partial charge in [0.15, 0.2) is 0 Å². The van der Waals surface area contributed by atoms with Crippen LogP contribution in [0.5, 0.6) is 0 Å². The summed E-state index contributed by atoms with van der Waals surface area (Å²) < 4.78 is 0. The molecule has 1 atom stereocenters. The Balaban J connectivity index is 3.51. The lowest BCUT2D eigenvalue weighted by atomic mass is 10.2. The highest BCUT2D eigenvalue weighted by atomic mass is 16.3. The van der Waals surface area contributed by atoms with Gasteiger partial charge in [0.05, 0.1) is 6.10 Å². The Bertz CT molecular complexity index is 471. The molecule has 0 saturated heterocycles. The summed E-state index contributed by atoms with van der Waals surface area (Å²) >= 11 is 0. The van der Waals surface area contributed by atoms with Gasteiger partial charge in [-0.3, -0.25) is 4.79 Å². The molecule has 0 spiro atoms. The minimum Gasteiger partial charge on any atom is -0.392 e. The predicted octanol–water partition coefficient (Wildman–Crippen LogP) is 5.41. The van der Waals surface area contributed by atoms with E-state index in [1.54, 1.807) is 6.92 Å². The van der Waals surface area contributed by atoms with Gasteiger partial charge in [-0.1, -0.05) is 67.7 Å². The molecule has 0 bridgehead atoms. The molecule has 0 unspecified atom stereocenters. The second-order valence-corrected chi connectivity index (χ2v) is 6.25. The van der Waals surface area contributed by atoms with Gasteiger partial charge >= 0.3 is 0 Å². The molecule has 0 aromatic rings. The van der Waals surface area contributed by atoms with Gasteiger partial charge in [-0.05, 0) is 51.9 Å². The molecule has 0 aromatic heterocycles. The van der Waals surface area contributed by atoms with Gasteiger partial charge in [0, 0.05) is 13.0 Å². The van der Waals surface area contributed by atoms with E-state index in [1.807, 2.05) is 0 Å². The Morgan fingerprint density at radius 3 is 1.77 bits per heavy atom. The van der Waals surface area contributed by atoms with Crippen molar-refractivity contribution in [2.24, 2.45) is 0 Å². The van der Waals surface area contributed by atoms with Crippen molar-refractivity contribution in [1.82, 2.24) is 5.32 Å². The summed E-state index contributed by atoms with van der Waals surface area (Å²) in [7, 11) is 0. The monoisotopic (exact) mass is 359 g/mol. The first-order valence-corrected chi connectivity index (χ1v) is 9.86. The van der Waals surface area contributed by atoms with Crippen LogP contribution in [0.4, 0.5) is 0 Å². The van der Waals surface area contributed by atoms with Crippen LogP contribution in [0.3, 0.4) is 0 Å². The predicted molar refractivity (Wildman–Crippen MR) is 113 cm³/mol. The molecule has 0 aliphatic carbocycles. The number of rotatable bonds is 15. The number of hydrogen-bond donors (Lipinski definition) is 2. The van der Waals surface area contributed by atoms with Crippen molar-refractivity contribution < 1.29 is 9.90 Å². The van der Waals surface area contributed by atoms with E-state index >= 15 is 0 Å². The van der Waals surface area contributed by atoms with E-state index in [9.17, 15) is 4.79 Å². The molecule has 26 heavy (non-hydrogen) atoms. The van der Waals surface area contributed by atoms with Crippen molar-refractivity contribution in [1.29, 1.82) is 0 Å². The van der Waals surface area contributed by atoms with E-state index in [-0.39, 0.29) is 5.91 Å². The second kappa shape index (κ2) is 19.5. The molecule has 3 nitrogen and oxygen atoms in total. The van der Waals surface area contributed by atoms with Crippen LogP contribution < -0.4 is 5.32 Å². The molecule has 0 aliphatic heterocycles. The minimum atomic E-state index is -0.482. The van der Waals surface area contributed by atoms with Crippen molar-refractivity contribution >= 4 is 5.91 Å². The maximum Gasteiger partial charge on any atom is 0.220 e. The third kappa shape index (κ3) is 20.2. The van der Waals surface area contributed by atoms with E-state index < -0.39 is 6.10 Å². The molecule has 0 radical (unpaired) electrons. The van der Waals surface area contributed by atoms with Crippen LogP contribution in [-0.2, 0) is 4.79 Å². The molecule has 0 aliphatic rings. The van der Waals surface area contributed by atoms with Gasteiger partial charge in [-0.25, -0.2) is 0 Å². The minimum absolute atomic E-state index is 0.0123. The van der Waals surface area contributed by atoms with Crippen molar-refractivity contribution in [3.05, 3.63) is 60.8 Å². The summed E-state index contributed by atoms with van der Waals surface area (Å²) in [6.07, 6.45) is 28.6. The van der Waals surface area contributed by atoms with E-state index in [0.29, 0.717) is 13.0 Å². The highest BCUT2D eigenvalue weighted by Crippen LogP contribution is 1.99. The molecule has 146 valence electrons. The normalized spacial score (nSPS) is 13.8. The molecule has 0 rings (SSSR count). The topological polar surface area (TPSA) is 49.3 Å². The number of carbonyl (C=O) groups is 1. The zero-order valence-electron chi connectivity index (χ0n) is 16.6. The zero-order valence-corrected chi connectivity index (χ0v) is 16.6. The number of aliphatic hydroxyl groups excluding tert-OH is 1. The summed E-state index contributed by atoms with van der Waals surface area (Å²) in [5.41, 5.74) is 0. The van der Waals surface area contributed by atoms with Gasteiger partial charge in [-0.15, -0.1) is 0 Å². The number of allylic oxidation sites excluding steroid dienone is 10. The lowest BCUT2D eigenvalue weighted by Gasteiger charge is -2.05. The first-order valence-electron chi connectivity index (χ1n) is 9.86. The smallest absolute Gasteiger partial charge is 0.220 e. The van der Waals surface area contributed by atoms with Crippen LogP contribution in [0.2, 0.25) is 0 Å². The third-order valence-corrected chi connectivity index (χ3v) is 3.53. The van der Waals surface area contributed by atoms with Crippen LogP contribution in [-0.4, -0.2) is 23.7 Å². The van der Waals surface area contributed by atoms with Gasteiger partial charge in [-0.2, -0.15) is 0 Å². The van der Waals surface area contributed by atoms with Crippen molar-refractivity contribution in [3.63, 3.8) is 0 Å². The number of unbranched alkanes of at least 4 members (excludes halogenated alkanes) is 1. The fraction of sp³-hybridized carbons (Fsp3) is 0.522. The van der Waals surface area contributed by atoms with Gasteiger partial charge in [0.2, 0.25) is 5.91 Å². The second-order valence-electron chi connectivity index (χ2n) is 6.25. The highest BCUT2D eigenvalue weighted by molar-refractivity contribution is 5.75. The largest absolute Gasteiger partial charge is 0.392 e. The first kappa shape index (κ1) is 24.1. The van der Waals surface area contributed by atoms with Crippen LogP contribution in [0.1, 0.15) is 65.2 Å². The molecule has 0 heterocycles. The van der Waals surface area contributed by atoms with Crippen LogP contribution >= 0.6 is 0 Å². The molecule has 1 amide bonds. The SMILES string of the molecule is CC/C=C\C/C=C\C/C=C\C/C=C\C/C=C\CCCC(=O)NC[C@H](C)O. The zero-order chi connectivity index (χ0) is 19.3. The fourth-order valence-corrected chi connectivity index (χ4v) is 2.10. The Morgan fingerprint density at radius 2 is 1.31 bits per heavy atom. The summed E-state index contributed by atoms with van der Waals surface area (Å²) in [6.45, 7) is 4.15. The third-order valence-electron chi connectivity index (χ3n) is 3.53. The van der Waals surface area contributed by atoms with Crippen LogP contribution in [0, 0.1) is 0 Å². The molecule has 2 N–H and O–H groups in total. The Morgan fingerprint density at radius 1 is 0.846 bits per heavy atom. The van der Waals surface area contributed by atoms with Crippen LogP contribution in [0.15, 0.2) is 60.8 Å². The molecular formula is C23H37NO2. The van der Waals surface area contributed by atoms with Gasteiger partial charge in [0.25, 0.3) is 0 Å². The maximum atomic E-state index is 11.4. The summed E-state index contributed by atoms with van der Waals surface area (Å²) in [4.78, 5) is 11.4. The molecule has 0 fully saturated rings. The number of nitrogens with one attached hydrogen (secondary N) is 1. The average Bonchev–Trinajstić information content (AvgIpc) is 2.62. The van der Waals surface area contributed by atoms with E-state index in [0.717, 1.165) is 44.9 Å². The Hall–Kier alpha value is -1.87. The number of aliphatic hydroxyl groups is 1. The summed E-state index contributed by atoms with van der Waals surface area (Å²) in [6, 6.07) is 0.